The van der Waals surface area contributed by atoms with Gasteiger partial charge in [0.2, 0.25) is 0 Å². The average Bonchev–Trinajstić information content (AvgIpc) is 2.86. The number of aliphatic hydroxyl groups is 1. The summed E-state index contributed by atoms with van der Waals surface area (Å²) in [7, 11) is 0. The molecule has 0 radical (unpaired) electrons. The number of para-hydroxylation sites is 1. The SMILES string of the molecule is CCC(NCC(O)Cn1cc(C=O)c2ccccc21)C(=O)O. The van der Waals surface area contributed by atoms with Gasteiger partial charge in [-0.05, 0) is 12.5 Å². The minimum Gasteiger partial charge on any atom is -0.480 e. The van der Waals surface area contributed by atoms with E-state index in [1.807, 2.05) is 28.8 Å². The predicted octanol–water partition coefficient (Wildman–Crippen LogP) is 1.27. The molecule has 1 heterocycles. The Morgan fingerprint density at radius 3 is 2.77 bits per heavy atom. The lowest BCUT2D eigenvalue weighted by Gasteiger charge is -2.17. The summed E-state index contributed by atoms with van der Waals surface area (Å²) < 4.78 is 1.81. The van der Waals surface area contributed by atoms with Crippen LogP contribution in [0.25, 0.3) is 10.9 Å². The number of carboxylic acid groups (broad SMARTS) is 1. The number of carbonyl (C=O) groups is 2. The van der Waals surface area contributed by atoms with E-state index in [0.29, 0.717) is 12.0 Å². The molecule has 0 spiro atoms. The normalized spacial score (nSPS) is 13.9. The van der Waals surface area contributed by atoms with Crippen LogP contribution in [0.15, 0.2) is 30.5 Å². The Kier molecular flexibility index (Phi) is 5.30. The molecule has 0 aliphatic rings. The highest BCUT2D eigenvalue weighted by atomic mass is 16.4. The smallest absolute Gasteiger partial charge is 0.320 e. The van der Waals surface area contributed by atoms with E-state index in [9.17, 15) is 14.7 Å². The molecule has 1 aromatic carbocycles. The Bertz CT molecular complexity index is 665. The quantitative estimate of drug-likeness (QED) is 0.639. The van der Waals surface area contributed by atoms with Crippen LogP contribution in [0.4, 0.5) is 0 Å². The summed E-state index contributed by atoms with van der Waals surface area (Å²) in [5.74, 6) is -0.927. The number of fused-ring (bicyclic) bond motifs is 1. The number of nitrogens with one attached hydrogen (secondary N) is 1. The minimum atomic E-state index is -0.927. The topological polar surface area (TPSA) is 91.6 Å². The van der Waals surface area contributed by atoms with Crippen LogP contribution in [0.2, 0.25) is 0 Å². The van der Waals surface area contributed by atoms with Gasteiger partial charge in [0.15, 0.2) is 6.29 Å². The molecule has 0 saturated carbocycles. The lowest BCUT2D eigenvalue weighted by molar-refractivity contribution is -0.139. The third-order valence-corrected chi connectivity index (χ3v) is 3.66. The van der Waals surface area contributed by atoms with Crippen LogP contribution in [-0.2, 0) is 11.3 Å². The first-order chi connectivity index (χ1) is 10.6. The van der Waals surface area contributed by atoms with Crippen LogP contribution in [0.5, 0.6) is 0 Å². The van der Waals surface area contributed by atoms with Gasteiger partial charge in [0.05, 0.1) is 6.10 Å². The Morgan fingerprint density at radius 1 is 1.41 bits per heavy atom. The molecule has 0 saturated heterocycles. The number of benzene rings is 1. The van der Waals surface area contributed by atoms with Crippen LogP contribution in [0, 0.1) is 0 Å². The fraction of sp³-hybridized carbons (Fsp3) is 0.375. The largest absolute Gasteiger partial charge is 0.480 e. The molecule has 1 aromatic heterocycles. The predicted molar refractivity (Wildman–Crippen MR) is 83.0 cm³/mol. The maximum Gasteiger partial charge on any atom is 0.320 e. The van der Waals surface area contributed by atoms with Crippen molar-refractivity contribution < 1.29 is 19.8 Å². The Balaban J connectivity index is 2.07. The standard InChI is InChI=1S/C16H20N2O4/c1-2-14(16(21)22)17-7-12(20)9-18-8-11(10-19)13-5-3-4-6-15(13)18/h3-6,8,10,12,14,17,20H,2,7,9H2,1H3,(H,21,22). The van der Waals surface area contributed by atoms with Crippen molar-refractivity contribution in [2.75, 3.05) is 6.54 Å². The molecule has 2 aromatic rings. The van der Waals surface area contributed by atoms with Gasteiger partial charge in [-0.25, -0.2) is 0 Å². The zero-order chi connectivity index (χ0) is 16.1. The third-order valence-electron chi connectivity index (χ3n) is 3.66. The second-order valence-electron chi connectivity index (χ2n) is 5.23. The number of hydrogen-bond acceptors (Lipinski definition) is 4. The number of aldehydes is 1. The van der Waals surface area contributed by atoms with E-state index in [1.54, 1.807) is 13.1 Å². The maximum absolute atomic E-state index is 11.1. The van der Waals surface area contributed by atoms with Crippen molar-refractivity contribution in [3.05, 3.63) is 36.0 Å². The molecule has 0 aliphatic heterocycles. The second-order valence-corrected chi connectivity index (χ2v) is 5.23. The summed E-state index contributed by atoms with van der Waals surface area (Å²) in [5.41, 5.74) is 1.45. The van der Waals surface area contributed by atoms with Crippen LogP contribution >= 0.6 is 0 Å². The fourth-order valence-corrected chi connectivity index (χ4v) is 2.50. The molecular formula is C16H20N2O4. The van der Waals surface area contributed by atoms with Crippen molar-refractivity contribution in [2.24, 2.45) is 0 Å². The summed E-state index contributed by atoms with van der Waals surface area (Å²) in [4.78, 5) is 22.0. The molecular weight excluding hydrogens is 284 g/mol. The van der Waals surface area contributed by atoms with Gasteiger partial charge < -0.3 is 20.1 Å². The van der Waals surface area contributed by atoms with Gasteiger partial charge in [0.1, 0.15) is 6.04 Å². The van der Waals surface area contributed by atoms with Crippen molar-refractivity contribution in [1.82, 2.24) is 9.88 Å². The molecule has 2 atom stereocenters. The van der Waals surface area contributed by atoms with Gasteiger partial charge in [-0.1, -0.05) is 25.1 Å². The van der Waals surface area contributed by atoms with E-state index < -0.39 is 18.1 Å². The van der Waals surface area contributed by atoms with Crippen LogP contribution in [0.3, 0.4) is 0 Å². The second kappa shape index (κ2) is 7.20. The number of aromatic nitrogens is 1. The molecule has 0 fully saturated rings. The van der Waals surface area contributed by atoms with Crippen molar-refractivity contribution in [2.45, 2.75) is 32.0 Å². The summed E-state index contributed by atoms with van der Waals surface area (Å²) in [5, 5.41) is 22.7. The summed E-state index contributed by atoms with van der Waals surface area (Å²) >= 11 is 0. The van der Waals surface area contributed by atoms with Crippen molar-refractivity contribution in [1.29, 1.82) is 0 Å². The summed E-state index contributed by atoms with van der Waals surface area (Å²) in [6.07, 6.45) is 2.20. The number of carboxylic acids is 1. The Morgan fingerprint density at radius 2 is 2.14 bits per heavy atom. The van der Waals surface area contributed by atoms with Crippen LogP contribution < -0.4 is 5.32 Å². The van der Waals surface area contributed by atoms with Gasteiger partial charge >= 0.3 is 5.97 Å². The van der Waals surface area contributed by atoms with E-state index in [2.05, 4.69) is 5.32 Å². The minimum absolute atomic E-state index is 0.174. The first-order valence-electron chi connectivity index (χ1n) is 7.24. The fourth-order valence-electron chi connectivity index (χ4n) is 2.50. The molecule has 0 amide bonds. The molecule has 118 valence electrons. The first kappa shape index (κ1) is 16.2. The molecule has 22 heavy (non-hydrogen) atoms. The molecule has 3 N–H and O–H groups in total. The molecule has 6 nitrogen and oxygen atoms in total. The Labute approximate surface area is 128 Å². The van der Waals surface area contributed by atoms with E-state index in [-0.39, 0.29) is 13.1 Å². The molecule has 2 rings (SSSR count). The summed E-state index contributed by atoms with van der Waals surface area (Å²) in [6, 6.07) is 6.81. The highest BCUT2D eigenvalue weighted by Crippen LogP contribution is 2.20. The highest BCUT2D eigenvalue weighted by Gasteiger charge is 2.17. The van der Waals surface area contributed by atoms with E-state index in [1.165, 1.54) is 0 Å². The van der Waals surface area contributed by atoms with E-state index >= 15 is 0 Å². The molecule has 2 unspecified atom stereocenters. The van der Waals surface area contributed by atoms with Gasteiger partial charge in [0.25, 0.3) is 0 Å². The first-order valence-corrected chi connectivity index (χ1v) is 7.24. The van der Waals surface area contributed by atoms with Crippen molar-refractivity contribution in [3.8, 4) is 0 Å². The number of carbonyl (C=O) groups excluding carboxylic acids is 1. The monoisotopic (exact) mass is 304 g/mol. The molecule has 0 bridgehead atoms. The lowest BCUT2D eigenvalue weighted by atomic mass is 10.2. The van der Waals surface area contributed by atoms with Crippen LogP contribution in [-0.4, -0.2) is 45.7 Å². The zero-order valence-electron chi connectivity index (χ0n) is 12.4. The highest BCUT2D eigenvalue weighted by molar-refractivity contribution is 5.97. The third kappa shape index (κ3) is 3.52. The van der Waals surface area contributed by atoms with Crippen molar-refractivity contribution >= 4 is 23.2 Å². The average molecular weight is 304 g/mol. The molecule has 0 aliphatic carbocycles. The maximum atomic E-state index is 11.1. The van der Waals surface area contributed by atoms with Gasteiger partial charge in [0, 0.05) is 35.8 Å². The Hall–Kier alpha value is -2.18. The van der Waals surface area contributed by atoms with E-state index in [0.717, 1.165) is 17.2 Å². The molecule has 6 heteroatoms. The number of rotatable bonds is 8. The number of hydrogen-bond donors (Lipinski definition) is 3. The zero-order valence-corrected chi connectivity index (χ0v) is 12.4. The van der Waals surface area contributed by atoms with Crippen molar-refractivity contribution in [3.63, 3.8) is 0 Å². The number of nitrogens with zero attached hydrogens (tertiary/aromatic N) is 1. The van der Waals surface area contributed by atoms with Gasteiger partial charge in [-0.15, -0.1) is 0 Å². The summed E-state index contributed by atoms with van der Waals surface area (Å²) in [6.45, 7) is 2.24. The number of aliphatic carboxylic acids is 1. The lowest BCUT2D eigenvalue weighted by Crippen LogP contribution is -2.41. The number of aliphatic hydroxyl groups excluding tert-OH is 1. The van der Waals surface area contributed by atoms with Gasteiger partial charge in [-0.3, -0.25) is 9.59 Å². The van der Waals surface area contributed by atoms with Gasteiger partial charge in [-0.2, -0.15) is 0 Å². The van der Waals surface area contributed by atoms with Crippen LogP contribution in [0.1, 0.15) is 23.7 Å². The van der Waals surface area contributed by atoms with E-state index in [4.69, 9.17) is 5.11 Å².